The Morgan fingerprint density at radius 1 is 1.35 bits per heavy atom. The predicted octanol–water partition coefficient (Wildman–Crippen LogP) is 3.96. The van der Waals surface area contributed by atoms with Crippen LogP contribution in [-0.2, 0) is 13.1 Å². The van der Waals surface area contributed by atoms with E-state index in [2.05, 4.69) is 66.7 Å². The number of aromatic nitrogens is 2. The summed E-state index contributed by atoms with van der Waals surface area (Å²) in [6.45, 7) is 7.67. The summed E-state index contributed by atoms with van der Waals surface area (Å²) in [5.41, 5.74) is 1.29. The number of benzene rings is 1. The topological polar surface area (TPSA) is 45.5 Å². The van der Waals surface area contributed by atoms with Crippen LogP contribution in [0.2, 0.25) is 0 Å². The normalized spacial score (nSPS) is 12.4. The van der Waals surface area contributed by atoms with Crippen LogP contribution in [0.1, 0.15) is 19.4 Å². The van der Waals surface area contributed by atoms with Gasteiger partial charge >= 0.3 is 0 Å². The standard InChI is InChI=1S/C19H29N5S.HI/c1-5-20-19(21-13-16(2)14-24-12-6-11-22-24)23(3)15-17-7-9-18(25-4)10-8-17;/h6-12,16H,5,13-15H2,1-4H3,(H,20,21);1H. The van der Waals surface area contributed by atoms with Gasteiger partial charge in [-0.2, -0.15) is 5.10 Å². The molecule has 2 rings (SSSR count). The molecule has 1 atom stereocenters. The van der Waals surface area contributed by atoms with E-state index in [-0.39, 0.29) is 24.0 Å². The highest BCUT2D eigenvalue weighted by Crippen LogP contribution is 2.15. The van der Waals surface area contributed by atoms with E-state index in [0.29, 0.717) is 5.92 Å². The molecule has 0 aliphatic carbocycles. The lowest BCUT2D eigenvalue weighted by atomic mass is 10.2. The summed E-state index contributed by atoms with van der Waals surface area (Å²) in [5.74, 6) is 1.38. The largest absolute Gasteiger partial charge is 0.357 e. The van der Waals surface area contributed by atoms with Gasteiger partial charge in [0.1, 0.15) is 0 Å². The van der Waals surface area contributed by atoms with Gasteiger partial charge < -0.3 is 10.2 Å². The molecule has 5 nitrogen and oxygen atoms in total. The van der Waals surface area contributed by atoms with E-state index in [0.717, 1.165) is 32.1 Å². The number of thioether (sulfide) groups is 1. The average molecular weight is 487 g/mol. The van der Waals surface area contributed by atoms with Crippen molar-refractivity contribution in [3.8, 4) is 0 Å². The molecular formula is C19H30IN5S. The molecule has 1 unspecified atom stereocenters. The van der Waals surface area contributed by atoms with Crippen LogP contribution in [-0.4, -0.2) is 47.0 Å². The number of rotatable bonds is 8. The maximum atomic E-state index is 4.81. The first-order valence-corrected chi connectivity index (χ1v) is 9.94. The lowest BCUT2D eigenvalue weighted by Crippen LogP contribution is -2.38. The number of halogens is 1. The van der Waals surface area contributed by atoms with Crippen molar-refractivity contribution in [2.45, 2.75) is 31.8 Å². The molecule has 0 fully saturated rings. The number of nitrogens with zero attached hydrogens (tertiary/aromatic N) is 4. The van der Waals surface area contributed by atoms with E-state index in [1.165, 1.54) is 10.5 Å². The summed E-state index contributed by atoms with van der Waals surface area (Å²) in [6, 6.07) is 10.7. The smallest absolute Gasteiger partial charge is 0.193 e. The summed E-state index contributed by atoms with van der Waals surface area (Å²) in [5, 5.41) is 7.65. The Labute approximate surface area is 178 Å². The monoisotopic (exact) mass is 487 g/mol. The molecule has 0 saturated carbocycles. The van der Waals surface area contributed by atoms with Gasteiger partial charge in [-0.15, -0.1) is 35.7 Å². The first-order valence-electron chi connectivity index (χ1n) is 8.72. The van der Waals surface area contributed by atoms with Crippen LogP contribution in [0.3, 0.4) is 0 Å². The quantitative estimate of drug-likeness (QED) is 0.265. The van der Waals surface area contributed by atoms with E-state index >= 15 is 0 Å². The molecule has 1 N–H and O–H groups in total. The second kappa shape index (κ2) is 12.2. The molecule has 1 heterocycles. The average Bonchev–Trinajstić information content (AvgIpc) is 3.12. The zero-order valence-electron chi connectivity index (χ0n) is 16.1. The summed E-state index contributed by atoms with van der Waals surface area (Å²) in [6.07, 6.45) is 5.91. The van der Waals surface area contributed by atoms with Crippen LogP contribution in [0.4, 0.5) is 0 Å². The molecule has 0 aliphatic rings. The maximum Gasteiger partial charge on any atom is 0.193 e. The Bertz CT molecular complexity index is 642. The molecule has 0 bridgehead atoms. The van der Waals surface area contributed by atoms with Crippen molar-refractivity contribution >= 4 is 41.7 Å². The minimum atomic E-state index is 0. The second-order valence-corrected chi connectivity index (χ2v) is 7.11. The Morgan fingerprint density at radius 3 is 2.65 bits per heavy atom. The number of nitrogens with one attached hydrogen (secondary N) is 1. The fourth-order valence-corrected chi connectivity index (χ4v) is 2.99. The van der Waals surface area contributed by atoms with Crippen LogP contribution < -0.4 is 5.32 Å². The molecule has 2 aromatic rings. The predicted molar refractivity (Wildman–Crippen MR) is 122 cm³/mol. The highest BCUT2D eigenvalue weighted by atomic mass is 127. The Balaban J connectivity index is 0.00000338. The zero-order chi connectivity index (χ0) is 18.1. The maximum absolute atomic E-state index is 4.81. The Morgan fingerprint density at radius 2 is 2.08 bits per heavy atom. The van der Waals surface area contributed by atoms with Crippen molar-refractivity contribution in [1.82, 2.24) is 20.0 Å². The van der Waals surface area contributed by atoms with Gasteiger partial charge in [0.25, 0.3) is 0 Å². The summed E-state index contributed by atoms with van der Waals surface area (Å²) in [4.78, 5) is 8.28. The first-order chi connectivity index (χ1) is 12.1. The fourth-order valence-electron chi connectivity index (χ4n) is 2.58. The SMILES string of the molecule is CCNC(=NCC(C)Cn1cccn1)N(C)Cc1ccc(SC)cc1.I. The van der Waals surface area contributed by atoms with Crippen molar-refractivity contribution < 1.29 is 0 Å². The van der Waals surface area contributed by atoms with E-state index < -0.39 is 0 Å². The Kier molecular flexibility index (Phi) is 10.7. The van der Waals surface area contributed by atoms with Crippen molar-refractivity contribution in [2.24, 2.45) is 10.9 Å². The molecule has 26 heavy (non-hydrogen) atoms. The molecule has 1 aromatic carbocycles. The van der Waals surface area contributed by atoms with E-state index in [9.17, 15) is 0 Å². The van der Waals surface area contributed by atoms with E-state index in [1.807, 2.05) is 23.1 Å². The minimum Gasteiger partial charge on any atom is -0.357 e. The highest BCUT2D eigenvalue weighted by Gasteiger charge is 2.09. The third-order valence-corrected chi connectivity index (χ3v) is 4.63. The van der Waals surface area contributed by atoms with Gasteiger partial charge in [0, 0.05) is 50.5 Å². The van der Waals surface area contributed by atoms with Crippen LogP contribution in [0.5, 0.6) is 0 Å². The van der Waals surface area contributed by atoms with E-state index in [1.54, 1.807) is 11.8 Å². The number of guanidine groups is 1. The van der Waals surface area contributed by atoms with E-state index in [4.69, 9.17) is 4.99 Å². The first kappa shape index (κ1) is 22.8. The van der Waals surface area contributed by atoms with Gasteiger partial charge in [0.15, 0.2) is 5.96 Å². The fraction of sp³-hybridized carbons (Fsp3) is 0.474. The number of hydrogen-bond donors (Lipinski definition) is 1. The Hall–Kier alpha value is -1.22. The number of aliphatic imine (C=N–C) groups is 1. The minimum absolute atomic E-state index is 0. The molecule has 0 amide bonds. The highest BCUT2D eigenvalue weighted by molar-refractivity contribution is 14.0. The zero-order valence-corrected chi connectivity index (χ0v) is 19.2. The third kappa shape index (κ3) is 7.57. The van der Waals surface area contributed by atoms with Crippen LogP contribution in [0, 0.1) is 5.92 Å². The van der Waals surface area contributed by atoms with Gasteiger partial charge in [-0.1, -0.05) is 19.1 Å². The third-order valence-electron chi connectivity index (χ3n) is 3.89. The lowest BCUT2D eigenvalue weighted by molar-refractivity contribution is 0.444. The van der Waals surface area contributed by atoms with Crippen LogP contribution >= 0.6 is 35.7 Å². The molecule has 1 aromatic heterocycles. The molecule has 0 saturated heterocycles. The molecule has 0 spiro atoms. The molecule has 0 radical (unpaired) electrons. The summed E-state index contributed by atoms with van der Waals surface area (Å²) >= 11 is 1.77. The van der Waals surface area contributed by atoms with Crippen molar-refractivity contribution in [3.05, 3.63) is 48.3 Å². The van der Waals surface area contributed by atoms with Gasteiger partial charge in [0.05, 0.1) is 0 Å². The van der Waals surface area contributed by atoms with Crippen molar-refractivity contribution in [1.29, 1.82) is 0 Å². The molecular weight excluding hydrogens is 457 g/mol. The molecule has 7 heteroatoms. The lowest BCUT2D eigenvalue weighted by Gasteiger charge is -2.23. The van der Waals surface area contributed by atoms with Crippen molar-refractivity contribution in [2.75, 3.05) is 26.4 Å². The molecule has 0 aliphatic heterocycles. The second-order valence-electron chi connectivity index (χ2n) is 6.23. The van der Waals surface area contributed by atoms with Gasteiger partial charge in [-0.25, -0.2) is 0 Å². The van der Waals surface area contributed by atoms with Crippen molar-refractivity contribution in [3.63, 3.8) is 0 Å². The van der Waals surface area contributed by atoms with Gasteiger partial charge in [0.2, 0.25) is 0 Å². The summed E-state index contributed by atoms with van der Waals surface area (Å²) in [7, 11) is 2.09. The van der Waals surface area contributed by atoms with Crippen LogP contribution in [0.25, 0.3) is 0 Å². The number of hydrogen-bond acceptors (Lipinski definition) is 3. The van der Waals surface area contributed by atoms with Crippen LogP contribution in [0.15, 0.2) is 52.6 Å². The van der Waals surface area contributed by atoms with Gasteiger partial charge in [-0.05, 0) is 42.9 Å². The van der Waals surface area contributed by atoms with Gasteiger partial charge in [-0.3, -0.25) is 9.67 Å². The molecule has 144 valence electrons. The summed E-state index contributed by atoms with van der Waals surface area (Å²) < 4.78 is 1.96.